The standard InChI is InChI=1S/C5H5N3O.2ClH/c6-5(9)4-3-7-1-2-8-4;;/h1-3H,(H2,6,9);2*1H. The van der Waals surface area contributed by atoms with E-state index in [-0.39, 0.29) is 30.5 Å². The molecule has 1 aromatic rings. The van der Waals surface area contributed by atoms with E-state index in [0.29, 0.717) is 0 Å². The number of halogens is 2. The van der Waals surface area contributed by atoms with E-state index in [0.717, 1.165) is 0 Å². The number of aromatic nitrogens is 2. The van der Waals surface area contributed by atoms with Gasteiger partial charge in [0, 0.05) is 12.4 Å². The SMILES string of the molecule is Cl.Cl.NC(=O)c1cnccn1. The molecule has 11 heavy (non-hydrogen) atoms. The van der Waals surface area contributed by atoms with Crippen molar-refractivity contribution in [1.29, 1.82) is 0 Å². The average Bonchev–Trinajstić information content (AvgIpc) is 1.90. The van der Waals surface area contributed by atoms with E-state index in [1.165, 1.54) is 18.6 Å². The molecule has 1 rings (SSSR count). The highest BCUT2D eigenvalue weighted by Crippen LogP contribution is 1.84. The smallest absolute Gasteiger partial charge is 0.268 e. The fourth-order valence-corrected chi connectivity index (χ4v) is 0.426. The molecule has 0 saturated carbocycles. The van der Waals surface area contributed by atoms with Crippen molar-refractivity contribution in [3.8, 4) is 0 Å². The molecular weight excluding hydrogens is 189 g/mol. The second-order valence-electron chi connectivity index (χ2n) is 1.45. The van der Waals surface area contributed by atoms with Crippen molar-refractivity contribution in [2.45, 2.75) is 0 Å². The molecule has 0 unspecified atom stereocenters. The van der Waals surface area contributed by atoms with Gasteiger partial charge in [0.2, 0.25) is 0 Å². The minimum absolute atomic E-state index is 0. The van der Waals surface area contributed by atoms with Crippen molar-refractivity contribution in [3.05, 3.63) is 24.3 Å². The molecule has 62 valence electrons. The summed E-state index contributed by atoms with van der Waals surface area (Å²) in [4.78, 5) is 17.6. The first-order valence-corrected chi connectivity index (χ1v) is 2.36. The summed E-state index contributed by atoms with van der Waals surface area (Å²) < 4.78 is 0. The Kier molecular flexibility index (Phi) is 6.83. The summed E-state index contributed by atoms with van der Waals surface area (Å²) in [7, 11) is 0. The topological polar surface area (TPSA) is 68.9 Å². The molecule has 1 aromatic heterocycles. The normalized spacial score (nSPS) is 7.27. The van der Waals surface area contributed by atoms with Gasteiger partial charge in [-0.3, -0.25) is 9.78 Å². The summed E-state index contributed by atoms with van der Waals surface area (Å²) >= 11 is 0. The maximum Gasteiger partial charge on any atom is 0.268 e. The third-order valence-corrected chi connectivity index (χ3v) is 0.816. The number of nitrogens with zero attached hydrogens (tertiary/aromatic N) is 2. The minimum atomic E-state index is -0.553. The Morgan fingerprint density at radius 3 is 2.27 bits per heavy atom. The first-order chi connectivity index (χ1) is 4.30. The maximum atomic E-state index is 10.3. The van der Waals surface area contributed by atoms with Crippen molar-refractivity contribution in [3.63, 3.8) is 0 Å². The van der Waals surface area contributed by atoms with Gasteiger partial charge in [0.1, 0.15) is 5.69 Å². The van der Waals surface area contributed by atoms with Crippen molar-refractivity contribution in [2.24, 2.45) is 5.73 Å². The molecule has 0 aliphatic carbocycles. The number of amides is 1. The van der Waals surface area contributed by atoms with E-state index >= 15 is 0 Å². The number of hydrogen-bond acceptors (Lipinski definition) is 3. The van der Waals surface area contributed by atoms with Crippen LogP contribution < -0.4 is 5.73 Å². The molecule has 0 bridgehead atoms. The first-order valence-electron chi connectivity index (χ1n) is 2.36. The van der Waals surface area contributed by atoms with Crippen LogP contribution >= 0.6 is 24.8 Å². The molecule has 0 spiro atoms. The monoisotopic (exact) mass is 195 g/mol. The average molecular weight is 196 g/mol. The molecule has 0 aliphatic rings. The van der Waals surface area contributed by atoms with Crippen molar-refractivity contribution < 1.29 is 4.79 Å². The van der Waals surface area contributed by atoms with Gasteiger partial charge in [-0.1, -0.05) is 0 Å². The van der Waals surface area contributed by atoms with Crippen molar-refractivity contribution in [1.82, 2.24) is 9.97 Å². The lowest BCUT2D eigenvalue weighted by molar-refractivity contribution is 0.0995. The maximum absolute atomic E-state index is 10.3. The molecule has 2 N–H and O–H groups in total. The molecule has 0 saturated heterocycles. The zero-order valence-electron chi connectivity index (χ0n) is 5.43. The second kappa shape index (κ2) is 5.88. The van der Waals surface area contributed by atoms with Crippen molar-refractivity contribution in [2.75, 3.05) is 0 Å². The van der Waals surface area contributed by atoms with Crippen LogP contribution in [0.5, 0.6) is 0 Å². The third-order valence-electron chi connectivity index (χ3n) is 0.816. The van der Waals surface area contributed by atoms with Crippen LogP contribution in [0.3, 0.4) is 0 Å². The molecular formula is C5H7Cl2N3O. The lowest BCUT2D eigenvalue weighted by atomic mass is 10.4. The van der Waals surface area contributed by atoms with Crippen LogP contribution in [0.25, 0.3) is 0 Å². The van der Waals surface area contributed by atoms with Crippen LogP contribution in [-0.4, -0.2) is 15.9 Å². The van der Waals surface area contributed by atoms with Crippen LogP contribution in [0.1, 0.15) is 10.5 Å². The summed E-state index contributed by atoms with van der Waals surface area (Å²) in [6.07, 6.45) is 4.22. The quantitative estimate of drug-likeness (QED) is 0.707. The summed E-state index contributed by atoms with van der Waals surface area (Å²) in [6, 6.07) is 0. The molecule has 0 aliphatic heterocycles. The van der Waals surface area contributed by atoms with E-state index in [1.807, 2.05) is 0 Å². The first kappa shape index (κ1) is 12.8. The highest BCUT2D eigenvalue weighted by atomic mass is 35.5. The van der Waals surface area contributed by atoms with Crippen LogP contribution in [0.2, 0.25) is 0 Å². The van der Waals surface area contributed by atoms with Crippen LogP contribution in [-0.2, 0) is 0 Å². The summed E-state index contributed by atoms with van der Waals surface area (Å²) in [6.45, 7) is 0. The molecule has 0 aromatic carbocycles. The largest absolute Gasteiger partial charge is 0.364 e. The van der Waals surface area contributed by atoms with E-state index in [4.69, 9.17) is 5.73 Å². The molecule has 6 heteroatoms. The number of primary amides is 1. The fraction of sp³-hybridized carbons (Fsp3) is 0. The van der Waals surface area contributed by atoms with Gasteiger partial charge in [0.05, 0.1) is 6.20 Å². The predicted molar refractivity (Wildman–Crippen MR) is 45.0 cm³/mol. The molecule has 1 amide bonds. The zero-order chi connectivity index (χ0) is 6.69. The predicted octanol–water partition coefficient (Wildman–Crippen LogP) is 0.419. The van der Waals surface area contributed by atoms with Gasteiger partial charge in [0.25, 0.3) is 5.91 Å². The fourth-order valence-electron chi connectivity index (χ4n) is 0.426. The Labute approximate surface area is 76.0 Å². The molecule has 4 nitrogen and oxygen atoms in total. The van der Waals surface area contributed by atoms with Gasteiger partial charge in [-0.05, 0) is 0 Å². The highest BCUT2D eigenvalue weighted by molar-refractivity contribution is 5.90. The highest BCUT2D eigenvalue weighted by Gasteiger charge is 1.97. The van der Waals surface area contributed by atoms with Crippen LogP contribution in [0.15, 0.2) is 18.6 Å². The number of carbonyl (C=O) groups is 1. The van der Waals surface area contributed by atoms with E-state index in [9.17, 15) is 4.79 Å². The number of carbonyl (C=O) groups excluding carboxylic acids is 1. The molecule has 0 fully saturated rings. The van der Waals surface area contributed by atoms with Gasteiger partial charge in [-0.25, -0.2) is 4.98 Å². The lowest BCUT2D eigenvalue weighted by Gasteiger charge is -1.87. The summed E-state index contributed by atoms with van der Waals surface area (Å²) in [5.41, 5.74) is 5.06. The Morgan fingerprint density at radius 1 is 1.36 bits per heavy atom. The summed E-state index contributed by atoms with van der Waals surface area (Å²) in [5.74, 6) is -0.553. The molecule has 0 radical (unpaired) electrons. The Hall–Kier alpha value is -0.870. The number of rotatable bonds is 1. The van der Waals surface area contributed by atoms with E-state index in [1.54, 1.807) is 0 Å². The van der Waals surface area contributed by atoms with Crippen LogP contribution in [0, 0.1) is 0 Å². The van der Waals surface area contributed by atoms with E-state index in [2.05, 4.69) is 9.97 Å². The van der Waals surface area contributed by atoms with Gasteiger partial charge < -0.3 is 5.73 Å². The Morgan fingerprint density at radius 2 is 2.00 bits per heavy atom. The molecule has 0 atom stereocenters. The zero-order valence-corrected chi connectivity index (χ0v) is 7.06. The van der Waals surface area contributed by atoms with Gasteiger partial charge >= 0.3 is 0 Å². The number of nitrogens with two attached hydrogens (primary N) is 1. The van der Waals surface area contributed by atoms with Gasteiger partial charge in [0.15, 0.2) is 0 Å². The lowest BCUT2D eigenvalue weighted by Crippen LogP contribution is -2.12. The summed E-state index contributed by atoms with van der Waals surface area (Å²) in [5, 5.41) is 0. The van der Waals surface area contributed by atoms with Crippen LogP contribution in [0.4, 0.5) is 0 Å². The number of hydrogen-bond donors (Lipinski definition) is 1. The van der Waals surface area contributed by atoms with Gasteiger partial charge in [-0.15, -0.1) is 24.8 Å². The second-order valence-corrected chi connectivity index (χ2v) is 1.45. The van der Waals surface area contributed by atoms with E-state index < -0.39 is 5.91 Å². The third kappa shape index (κ3) is 3.75. The van der Waals surface area contributed by atoms with Gasteiger partial charge in [-0.2, -0.15) is 0 Å². The minimum Gasteiger partial charge on any atom is -0.364 e. The van der Waals surface area contributed by atoms with Crippen molar-refractivity contribution >= 4 is 30.7 Å². The molecule has 1 heterocycles. The Bertz CT molecular complexity index is 216. The Balaban J connectivity index is 0.